The molecule has 46 heavy (non-hydrogen) atoms. The largest absolute Gasteiger partial charge is 0.493 e. The molecule has 1 aliphatic heterocycles. The average Bonchev–Trinajstić information content (AvgIpc) is 3.07. The smallest absolute Gasteiger partial charge is 0.329 e. The molecule has 0 aliphatic carbocycles. The van der Waals surface area contributed by atoms with Gasteiger partial charge >= 0.3 is 5.97 Å². The minimum Gasteiger partial charge on any atom is -0.493 e. The van der Waals surface area contributed by atoms with E-state index in [1.165, 1.54) is 4.90 Å². The maximum absolute atomic E-state index is 13.8. The van der Waals surface area contributed by atoms with Crippen LogP contribution in [-0.2, 0) is 30.3 Å². The number of hydrogen-bond acceptors (Lipinski definition) is 9. The van der Waals surface area contributed by atoms with Gasteiger partial charge in [-0.25, -0.2) is 4.79 Å². The molecule has 1 saturated heterocycles. The number of nitrogens with zero attached hydrogens (tertiary/aromatic N) is 1. The second-order valence-corrected chi connectivity index (χ2v) is 12.1. The highest BCUT2D eigenvalue weighted by Gasteiger charge is 2.41. The number of likely N-dealkylation sites (tertiary alicyclic amines) is 1. The van der Waals surface area contributed by atoms with Crippen LogP contribution in [0.25, 0.3) is 0 Å². The maximum atomic E-state index is 13.8. The molecule has 2 atom stereocenters. The van der Waals surface area contributed by atoms with Crippen molar-refractivity contribution in [3.63, 3.8) is 0 Å². The fraction of sp³-hybridized carbons (Fsp3) is 0.543. The molecular weight excluding hydrogens is 608 g/mol. The molecule has 2 aromatic carbocycles. The number of methoxy groups -OCH3 is 2. The average molecular weight is 659 g/mol. The Morgan fingerprint density at radius 1 is 1.04 bits per heavy atom. The van der Waals surface area contributed by atoms with Gasteiger partial charge in [0.05, 0.1) is 14.2 Å². The predicted molar refractivity (Wildman–Crippen MR) is 181 cm³/mol. The van der Waals surface area contributed by atoms with Crippen LogP contribution < -0.4 is 19.5 Å². The predicted octanol–water partition coefficient (Wildman–Crippen LogP) is 5.37. The zero-order valence-corrected chi connectivity index (χ0v) is 27.8. The number of ether oxygens (including phenoxy) is 4. The monoisotopic (exact) mass is 658 g/mol. The molecule has 0 radical (unpaired) electrons. The molecule has 0 bridgehead atoms. The normalized spacial score (nSPS) is 15.2. The van der Waals surface area contributed by atoms with Crippen LogP contribution in [0.2, 0.25) is 0 Å². The number of rotatable bonds is 16. The van der Waals surface area contributed by atoms with E-state index in [9.17, 15) is 19.2 Å². The van der Waals surface area contributed by atoms with Crippen molar-refractivity contribution < 1.29 is 38.1 Å². The molecule has 1 N–H and O–H groups in total. The van der Waals surface area contributed by atoms with Gasteiger partial charge in [-0.05, 0) is 73.9 Å². The van der Waals surface area contributed by atoms with Crippen LogP contribution >= 0.6 is 12.6 Å². The first-order chi connectivity index (χ1) is 21.5. The number of nitrogens with one attached hydrogen (secondary N) is 1. The summed E-state index contributed by atoms with van der Waals surface area (Å²) in [5, 5.41) is 2.71. The Morgan fingerprint density at radius 2 is 1.78 bits per heavy atom. The van der Waals surface area contributed by atoms with Crippen LogP contribution in [0.15, 0.2) is 42.5 Å². The molecule has 1 unspecified atom stereocenters. The number of ketones is 1. The summed E-state index contributed by atoms with van der Waals surface area (Å²) < 4.78 is 22.7. The van der Waals surface area contributed by atoms with Crippen molar-refractivity contribution in [2.75, 3.05) is 39.7 Å². The second-order valence-electron chi connectivity index (χ2n) is 11.7. The van der Waals surface area contributed by atoms with E-state index in [0.29, 0.717) is 73.8 Å². The minimum atomic E-state index is -0.860. The summed E-state index contributed by atoms with van der Waals surface area (Å²) in [5.41, 5.74) is 0.799. The van der Waals surface area contributed by atoms with E-state index in [-0.39, 0.29) is 19.9 Å². The van der Waals surface area contributed by atoms with Gasteiger partial charge in [0.1, 0.15) is 17.9 Å². The molecule has 2 aromatic rings. The van der Waals surface area contributed by atoms with Crippen molar-refractivity contribution in [3.05, 3.63) is 53.6 Å². The summed E-state index contributed by atoms with van der Waals surface area (Å²) in [4.78, 5) is 53.6. The summed E-state index contributed by atoms with van der Waals surface area (Å²) in [5.74, 6) is 0.190. The summed E-state index contributed by atoms with van der Waals surface area (Å²) in [6, 6.07) is 11.8. The van der Waals surface area contributed by atoms with E-state index in [2.05, 4.69) is 17.9 Å². The van der Waals surface area contributed by atoms with Crippen molar-refractivity contribution in [1.82, 2.24) is 10.2 Å². The van der Waals surface area contributed by atoms with Crippen molar-refractivity contribution in [2.45, 2.75) is 78.9 Å². The third-order valence-electron chi connectivity index (χ3n) is 8.16. The number of aryl methyl sites for hydroxylation is 1. The second kappa shape index (κ2) is 18.4. The Bertz CT molecular complexity index is 1330. The van der Waals surface area contributed by atoms with Crippen molar-refractivity contribution in [3.8, 4) is 17.2 Å². The van der Waals surface area contributed by atoms with Crippen molar-refractivity contribution in [1.29, 1.82) is 0 Å². The van der Waals surface area contributed by atoms with Gasteiger partial charge in [0.25, 0.3) is 11.8 Å². The van der Waals surface area contributed by atoms with Crippen LogP contribution in [0.5, 0.6) is 17.2 Å². The van der Waals surface area contributed by atoms with E-state index in [1.807, 2.05) is 31.2 Å². The van der Waals surface area contributed by atoms with E-state index < -0.39 is 35.2 Å². The van der Waals surface area contributed by atoms with Crippen LogP contribution in [0.4, 0.5) is 0 Å². The zero-order chi connectivity index (χ0) is 33.0. The van der Waals surface area contributed by atoms with Gasteiger partial charge in [-0.1, -0.05) is 46.4 Å². The molecular formula is C35H50N2O8S. The summed E-state index contributed by atoms with van der Waals surface area (Å²) in [6.45, 7) is 5.93. The number of hydrogen-bond donors (Lipinski definition) is 2. The number of carbonyl (C=O) groups is 4. The lowest BCUT2D eigenvalue weighted by Crippen LogP contribution is -2.53. The number of benzene rings is 2. The molecule has 11 heteroatoms. The molecule has 1 aliphatic rings. The van der Waals surface area contributed by atoms with Crippen molar-refractivity contribution in [2.24, 2.45) is 5.41 Å². The number of carbonyl (C=O) groups excluding carboxylic acids is 4. The summed E-state index contributed by atoms with van der Waals surface area (Å²) in [7, 11) is 3.14. The van der Waals surface area contributed by atoms with Crippen molar-refractivity contribution >= 4 is 36.2 Å². The molecule has 3 rings (SSSR count). The molecule has 254 valence electrons. The van der Waals surface area contributed by atoms with Gasteiger partial charge in [-0.3, -0.25) is 14.4 Å². The number of amides is 2. The van der Waals surface area contributed by atoms with E-state index in [4.69, 9.17) is 18.9 Å². The fourth-order valence-corrected chi connectivity index (χ4v) is 5.16. The lowest BCUT2D eigenvalue weighted by Gasteiger charge is -2.36. The third kappa shape index (κ3) is 10.4. The van der Waals surface area contributed by atoms with E-state index in [1.54, 1.807) is 46.3 Å². The zero-order valence-electron chi connectivity index (χ0n) is 26.9. The van der Waals surface area contributed by atoms with Gasteiger partial charge in [0.2, 0.25) is 5.78 Å². The van der Waals surface area contributed by atoms with Crippen LogP contribution in [0.1, 0.15) is 77.5 Å². The molecule has 2 amide bonds. The highest BCUT2D eigenvalue weighted by Crippen LogP contribution is 2.32. The number of esters is 1. The highest BCUT2D eigenvalue weighted by atomic mass is 32.1. The van der Waals surface area contributed by atoms with Gasteiger partial charge < -0.3 is 29.2 Å². The Labute approximate surface area is 278 Å². The third-order valence-corrected chi connectivity index (χ3v) is 8.39. The molecule has 1 fully saturated rings. The molecule has 10 nitrogen and oxygen atoms in total. The SMILES string of the molecule is C.CCC(C)(C)C(=O)C(=O)N1CCCCC1C(=O)O[C@H](CCc1ccc(OC)c(OC)c1)c1cccc(OCC(=O)NCCS)c1. The van der Waals surface area contributed by atoms with Crippen LogP contribution in [0.3, 0.4) is 0 Å². The molecule has 1 heterocycles. The number of Topliss-reactive ketones (excluding diaryl/α,β-unsaturated/α-hetero) is 1. The van der Waals surface area contributed by atoms with Gasteiger partial charge in [-0.15, -0.1) is 0 Å². The van der Waals surface area contributed by atoms with E-state index >= 15 is 0 Å². The first-order valence-corrected chi connectivity index (χ1v) is 16.0. The Hall–Kier alpha value is -3.73. The van der Waals surface area contributed by atoms with Crippen LogP contribution in [-0.4, -0.2) is 74.2 Å². The Morgan fingerprint density at radius 3 is 2.46 bits per heavy atom. The standard InChI is InChI=1S/C34H46N2O8S.CH4/c1-6-34(2,3)31(38)32(39)36-18-8-7-12-26(36)33(40)44-27(15-13-23-14-16-28(41-4)29(20-23)42-5)24-10-9-11-25(21-24)43-22-30(37)35-17-19-45;/h9-11,14,16,20-21,26-27,45H,6-8,12-13,15,17-19,22H2,1-5H3,(H,35,37);1H4/t26?,27-;/m1./s1. The summed E-state index contributed by atoms with van der Waals surface area (Å²) >= 11 is 4.10. The molecule has 0 aromatic heterocycles. The first kappa shape index (κ1) is 38.5. The molecule has 0 spiro atoms. The summed E-state index contributed by atoms with van der Waals surface area (Å²) in [6.07, 6.45) is 2.62. The minimum absolute atomic E-state index is 0. The highest BCUT2D eigenvalue weighted by molar-refractivity contribution is 7.80. The van der Waals surface area contributed by atoms with Gasteiger partial charge in [0.15, 0.2) is 18.1 Å². The maximum Gasteiger partial charge on any atom is 0.329 e. The number of thiol groups is 1. The lowest BCUT2D eigenvalue weighted by molar-refractivity contribution is -0.164. The van der Waals surface area contributed by atoms with Gasteiger partial charge in [0, 0.05) is 24.3 Å². The van der Waals surface area contributed by atoms with Crippen LogP contribution in [0, 0.1) is 5.41 Å². The number of piperidine rings is 1. The van der Waals surface area contributed by atoms with Gasteiger partial charge in [-0.2, -0.15) is 12.6 Å². The Kier molecular flexibility index (Phi) is 15.4. The quantitative estimate of drug-likeness (QED) is 0.140. The Balaban J connectivity index is 0.00000736. The first-order valence-electron chi connectivity index (χ1n) is 15.4. The lowest BCUT2D eigenvalue weighted by atomic mass is 9.84. The molecule has 0 saturated carbocycles. The topological polar surface area (TPSA) is 120 Å². The fourth-order valence-electron chi connectivity index (χ4n) is 5.05. The van der Waals surface area contributed by atoms with E-state index in [0.717, 1.165) is 12.0 Å².